The monoisotopic (exact) mass is 311 g/mol. The zero-order chi connectivity index (χ0) is 15.6. The van der Waals surface area contributed by atoms with Crippen LogP contribution in [0.5, 0.6) is 0 Å². The lowest BCUT2D eigenvalue weighted by atomic mass is 9.63. The van der Waals surface area contributed by atoms with Gasteiger partial charge in [-0.1, -0.05) is 31.7 Å². The highest BCUT2D eigenvalue weighted by Gasteiger charge is 2.52. The number of rotatable bonds is 6. The first-order valence-electron chi connectivity index (χ1n) is 7.57. The van der Waals surface area contributed by atoms with Gasteiger partial charge in [0.15, 0.2) is 0 Å². The Morgan fingerprint density at radius 2 is 2.24 bits per heavy atom. The van der Waals surface area contributed by atoms with Gasteiger partial charge in [-0.05, 0) is 31.3 Å². The molecule has 1 aromatic rings. The third-order valence-electron chi connectivity index (χ3n) is 4.58. The molecule has 1 heterocycles. The van der Waals surface area contributed by atoms with Crippen molar-refractivity contribution >= 4 is 17.4 Å². The topological polar surface area (TPSA) is 55.3 Å². The largest absolute Gasteiger partial charge is 0.378 e. The fourth-order valence-corrected chi connectivity index (χ4v) is 3.54. The Morgan fingerprint density at radius 1 is 1.52 bits per heavy atom. The molecule has 6 heteroatoms. The van der Waals surface area contributed by atoms with Crippen LogP contribution in [-0.4, -0.2) is 46.2 Å². The molecule has 1 fully saturated rings. The molecule has 0 aromatic carbocycles. The van der Waals surface area contributed by atoms with Crippen LogP contribution in [0.3, 0.4) is 0 Å². The van der Waals surface area contributed by atoms with Gasteiger partial charge in [-0.3, -0.25) is 4.79 Å². The fraction of sp³-hybridized carbons (Fsp3) is 0.800. The highest BCUT2D eigenvalue weighted by atomic mass is 32.1. The SMILES string of the molecule is CCCCOC1CC(N(C)C(=O)c2snnc2C)C1(C)C. The number of ether oxygens (including phenoxy) is 1. The number of nitrogens with zero attached hydrogens (tertiary/aromatic N) is 3. The van der Waals surface area contributed by atoms with E-state index in [9.17, 15) is 4.79 Å². The smallest absolute Gasteiger partial charge is 0.267 e. The second-order valence-electron chi connectivity index (χ2n) is 6.39. The molecule has 5 nitrogen and oxygen atoms in total. The van der Waals surface area contributed by atoms with E-state index < -0.39 is 0 Å². The van der Waals surface area contributed by atoms with E-state index in [1.807, 2.05) is 18.9 Å². The zero-order valence-corrected chi connectivity index (χ0v) is 14.4. The molecule has 1 aromatic heterocycles. The van der Waals surface area contributed by atoms with Crippen molar-refractivity contribution in [2.24, 2.45) is 5.41 Å². The molecule has 0 aliphatic heterocycles. The van der Waals surface area contributed by atoms with Crippen LogP contribution in [0.1, 0.15) is 55.4 Å². The van der Waals surface area contributed by atoms with E-state index in [2.05, 4.69) is 30.4 Å². The first-order valence-corrected chi connectivity index (χ1v) is 8.34. The van der Waals surface area contributed by atoms with Crippen LogP contribution in [0.2, 0.25) is 0 Å². The zero-order valence-electron chi connectivity index (χ0n) is 13.5. The minimum atomic E-state index is -0.00975. The Balaban J connectivity index is 1.97. The van der Waals surface area contributed by atoms with Crippen molar-refractivity contribution in [1.82, 2.24) is 14.5 Å². The van der Waals surface area contributed by atoms with Gasteiger partial charge in [0.05, 0.1) is 11.8 Å². The number of aryl methyl sites for hydroxylation is 1. The van der Waals surface area contributed by atoms with Gasteiger partial charge in [-0.2, -0.15) is 0 Å². The van der Waals surface area contributed by atoms with Gasteiger partial charge in [0, 0.05) is 25.1 Å². The van der Waals surface area contributed by atoms with Crippen LogP contribution in [0, 0.1) is 12.3 Å². The molecule has 0 N–H and O–H groups in total. The molecule has 2 atom stereocenters. The number of unbranched alkanes of at least 4 members (excludes halogenated alkanes) is 1. The lowest BCUT2D eigenvalue weighted by molar-refractivity contribution is -0.140. The van der Waals surface area contributed by atoms with E-state index in [1.165, 1.54) is 11.5 Å². The van der Waals surface area contributed by atoms with Gasteiger partial charge in [0.2, 0.25) is 0 Å². The summed E-state index contributed by atoms with van der Waals surface area (Å²) in [4.78, 5) is 15.0. The van der Waals surface area contributed by atoms with E-state index in [0.717, 1.165) is 25.9 Å². The third-order valence-corrected chi connectivity index (χ3v) is 5.39. The minimum absolute atomic E-state index is 0.00975. The summed E-state index contributed by atoms with van der Waals surface area (Å²) in [6.07, 6.45) is 3.39. The van der Waals surface area contributed by atoms with Gasteiger partial charge in [-0.15, -0.1) is 5.10 Å². The summed E-state index contributed by atoms with van der Waals surface area (Å²) in [7, 11) is 1.87. The summed E-state index contributed by atoms with van der Waals surface area (Å²) < 4.78 is 9.80. The van der Waals surface area contributed by atoms with Gasteiger partial charge in [0.25, 0.3) is 5.91 Å². The average Bonchev–Trinajstić information content (AvgIpc) is 2.86. The summed E-state index contributed by atoms with van der Waals surface area (Å²) in [5, 5.41) is 3.92. The number of hydrogen-bond acceptors (Lipinski definition) is 5. The van der Waals surface area contributed by atoms with Crippen molar-refractivity contribution in [3.8, 4) is 0 Å². The first kappa shape index (κ1) is 16.4. The molecule has 2 unspecified atom stereocenters. The summed E-state index contributed by atoms with van der Waals surface area (Å²) >= 11 is 1.17. The minimum Gasteiger partial charge on any atom is -0.378 e. The molecule has 21 heavy (non-hydrogen) atoms. The predicted octanol–water partition coefficient (Wildman–Crippen LogP) is 2.90. The van der Waals surface area contributed by atoms with Crippen molar-refractivity contribution < 1.29 is 9.53 Å². The lowest BCUT2D eigenvalue weighted by Crippen LogP contribution is -2.62. The van der Waals surface area contributed by atoms with Crippen LogP contribution in [0.4, 0.5) is 0 Å². The standard InChI is InChI=1S/C15H25N3O2S/c1-6-7-8-20-12-9-11(15(12,3)4)18(5)14(19)13-10(2)16-17-21-13/h11-12H,6-9H2,1-5H3. The summed E-state index contributed by atoms with van der Waals surface area (Å²) in [6.45, 7) is 9.16. The number of amides is 1. The second-order valence-corrected chi connectivity index (χ2v) is 7.14. The maximum atomic E-state index is 12.5. The van der Waals surface area contributed by atoms with E-state index in [4.69, 9.17) is 4.74 Å². The molecular formula is C15H25N3O2S. The molecule has 118 valence electrons. The molecule has 1 amide bonds. The Labute approximate surface area is 130 Å². The normalized spacial score (nSPS) is 23.7. The van der Waals surface area contributed by atoms with Crippen LogP contribution in [0.25, 0.3) is 0 Å². The number of carbonyl (C=O) groups excluding carboxylic acids is 1. The Morgan fingerprint density at radius 3 is 2.76 bits per heavy atom. The van der Waals surface area contributed by atoms with E-state index in [-0.39, 0.29) is 23.5 Å². The molecule has 0 radical (unpaired) electrons. The van der Waals surface area contributed by atoms with Crippen molar-refractivity contribution in [3.05, 3.63) is 10.6 Å². The third kappa shape index (κ3) is 3.11. The van der Waals surface area contributed by atoms with E-state index in [0.29, 0.717) is 10.6 Å². The average molecular weight is 311 g/mol. The maximum Gasteiger partial charge on any atom is 0.267 e. The van der Waals surface area contributed by atoms with Crippen molar-refractivity contribution in [3.63, 3.8) is 0 Å². The predicted molar refractivity (Wildman–Crippen MR) is 83.6 cm³/mol. The molecule has 1 aliphatic rings. The Hall–Kier alpha value is -1.01. The molecular weight excluding hydrogens is 286 g/mol. The summed E-state index contributed by atoms with van der Waals surface area (Å²) in [5.74, 6) is 0.0209. The van der Waals surface area contributed by atoms with Crippen LogP contribution < -0.4 is 0 Å². The van der Waals surface area contributed by atoms with Crippen molar-refractivity contribution in [2.75, 3.05) is 13.7 Å². The van der Waals surface area contributed by atoms with Gasteiger partial charge in [0.1, 0.15) is 4.88 Å². The quantitative estimate of drug-likeness (QED) is 0.758. The number of hydrogen-bond donors (Lipinski definition) is 0. The van der Waals surface area contributed by atoms with Crippen LogP contribution in [-0.2, 0) is 4.74 Å². The van der Waals surface area contributed by atoms with Crippen LogP contribution in [0.15, 0.2) is 0 Å². The van der Waals surface area contributed by atoms with E-state index in [1.54, 1.807) is 0 Å². The molecule has 0 spiro atoms. The Bertz CT molecular complexity index is 501. The van der Waals surface area contributed by atoms with Crippen molar-refractivity contribution in [2.45, 2.75) is 59.1 Å². The van der Waals surface area contributed by atoms with Gasteiger partial charge < -0.3 is 9.64 Å². The first-order chi connectivity index (χ1) is 9.89. The Kier molecular flexibility index (Phi) is 4.99. The molecule has 0 bridgehead atoms. The van der Waals surface area contributed by atoms with E-state index >= 15 is 0 Å². The maximum absolute atomic E-state index is 12.5. The highest BCUT2D eigenvalue weighted by molar-refractivity contribution is 7.07. The number of carbonyl (C=O) groups is 1. The molecule has 0 saturated heterocycles. The molecule has 1 saturated carbocycles. The summed E-state index contributed by atoms with van der Waals surface area (Å²) in [5.41, 5.74) is 0.703. The molecule has 2 rings (SSSR count). The van der Waals surface area contributed by atoms with Crippen molar-refractivity contribution in [1.29, 1.82) is 0 Å². The fourth-order valence-electron chi connectivity index (χ4n) is 2.90. The number of aromatic nitrogens is 2. The molecule has 1 aliphatic carbocycles. The summed E-state index contributed by atoms with van der Waals surface area (Å²) in [6, 6.07) is 0.207. The lowest BCUT2D eigenvalue weighted by Gasteiger charge is -2.54. The van der Waals surface area contributed by atoms with Gasteiger partial charge in [-0.25, -0.2) is 0 Å². The van der Waals surface area contributed by atoms with Crippen LogP contribution >= 0.6 is 11.5 Å². The second kappa shape index (κ2) is 6.40. The van der Waals surface area contributed by atoms with Gasteiger partial charge >= 0.3 is 0 Å². The highest BCUT2D eigenvalue weighted by Crippen LogP contribution is 2.46.